The topological polar surface area (TPSA) is 55.8 Å². The number of hydrogen-bond acceptors (Lipinski definition) is 4. The lowest BCUT2D eigenvalue weighted by Crippen LogP contribution is -2.13. The highest BCUT2D eigenvalue weighted by Crippen LogP contribution is 2.27. The van der Waals surface area contributed by atoms with Crippen molar-refractivity contribution in [2.75, 3.05) is 26.4 Å². The van der Waals surface area contributed by atoms with E-state index in [9.17, 15) is 0 Å². The molecule has 2 N–H and O–H groups in total. The monoisotopic (exact) mass is 324 g/mol. The van der Waals surface area contributed by atoms with Crippen LogP contribution in [0, 0.1) is 0 Å². The zero-order valence-corrected chi connectivity index (χ0v) is 14.5. The molecule has 3 aromatic rings. The number of nitrogens with zero attached hydrogens (tertiary/aromatic N) is 3. The van der Waals surface area contributed by atoms with E-state index in [0.29, 0.717) is 0 Å². The quantitative estimate of drug-likeness (QED) is 0.755. The number of fused-ring (bicyclic) bond motifs is 1. The Morgan fingerprint density at radius 1 is 1.12 bits per heavy atom. The predicted octanol–water partition coefficient (Wildman–Crippen LogP) is 3.43. The minimum atomic E-state index is 0.731. The molecule has 3 rings (SSSR count). The van der Waals surface area contributed by atoms with E-state index in [1.165, 1.54) is 0 Å². The van der Waals surface area contributed by atoms with Crippen LogP contribution in [0.25, 0.3) is 16.9 Å². The molecule has 5 heteroatoms. The van der Waals surface area contributed by atoms with Crippen LogP contribution < -0.4 is 10.5 Å². The van der Waals surface area contributed by atoms with Gasteiger partial charge in [-0.25, -0.2) is 4.98 Å². The van der Waals surface area contributed by atoms with Crippen LogP contribution >= 0.6 is 0 Å². The highest BCUT2D eigenvalue weighted by atomic mass is 16.5. The molecule has 126 valence electrons. The van der Waals surface area contributed by atoms with E-state index in [4.69, 9.17) is 15.5 Å². The second-order valence-electron chi connectivity index (χ2n) is 6.21. The maximum atomic E-state index is 5.96. The molecule has 2 aromatic heterocycles. The molecule has 0 amide bonds. The van der Waals surface area contributed by atoms with Gasteiger partial charge in [0.05, 0.1) is 18.0 Å². The third kappa shape index (κ3) is 3.36. The number of pyridine rings is 1. The first-order chi connectivity index (χ1) is 11.6. The summed E-state index contributed by atoms with van der Waals surface area (Å²) in [6.45, 7) is 3.62. The van der Waals surface area contributed by atoms with Crippen LogP contribution in [0.4, 0.5) is 5.69 Å². The SMILES string of the molecule is CCCOc1ccc(-c2nc3ccc(N)cn3c2CN(C)C)cc1. The molecule has 0 atom stereocenters. The molecule has 0 radical (unpaired) electrons. The van der Waals surface area contributed by atoms with Gasteiger partial charge in [-0.3, -0.25) is 0 Å². The Hall–Kier alpha value is -2.53. The van der Waals surface area contributed by atoms with Gasteiger partial charge < -0.3 is 19.8 Å². The number of nitrogens with two attached hydrogens (primary N) is 1. The summed E-state index contributed by atoms with van der Waals surface area (Å²) in [4.78, 5) is 6.94. The van der Waals surface area contributed by atoms with Gasteiger partial charge in [-0.05, 0) is 56.9 Å². The number of ether oxygens (including phenoxy) is 1. The summed E-state index contributed by atoms with van der Waals surface area (Å²) in [6.07, 6.45) is 2.94. The summed E-state index contributed by atoms with van der Waals surface area (Å²) in [7, 11) is 4.11. The first kappa shape index (κ1) is 16.3. The van der Waals surface area contributed by atoms with Crippen molar-refractivity contribution in [1.29, 1.82) is 0 Å². The van der Waals surface area contributed by atoms with Crippen LogP contribution in [-0.2, 0) is 6.54 Å². The second kappa shape index (κ2) is 6.93. The Labute approximate surface area is 142 Å². The molecular formula is C19H24N4O. The van der Waals surface area contributed by atoms with Gasteiger partial charge in [-0.15, -0.1) is 0 Å². The van der Waals surface area contributed by atoms with Gasteiger partial charge >= 0.3 is 0 Å². The maximum Gasteiger partial charge on any atom is 0.137 e. The largest absolute Gasteiger partial charge is 0.494 e. The van der Waals surface area contributed by atoms with Gasteiger partial charge in [-0.1, -0.05) is 6.92 Å². The molecule has 0 unspecified atom stereocenters. The van der Waals surface area contributed by atoms with Crippen molar-refractivity contribution < 1.29 is 4.74 Å². The van der Waals surface area contributed by atoms with E-state index >= 15 is 0 Å². The van der Waals surface area contributed by atoms with Crippen LogP contribution in [0.2, 0.25) is 0 Å². The molecule has 0 aliphatic heterocycles. The van der Waals surface area contributed by atoms with Gasteiger partial charge in [0.1, 0.15) is 11.4 Å². The van der Waals surface area contributed by atoms with E-state index in [1.54, 1.807) is 0 Å². The Kier molecular flexibility index (Phi) is 4.71. The van der Waals surface area contributed by atoms with E-state index in [0.717, 1.165) is 53.6 Å². The van der Waals surface area contributed by atoms with E-state index in [1.807, 2.05) is 30.5 Å². The normalized spacial score (nSPS) is 11.3. The molecule has 0 saturated carbocycles. The van der Waals surface area contributed by atoms with Crippen molar-refractivity contribution >= 4 is 11.3 Å². The molecule has 2 heterocycles. The standard InChI is InChI=1S/C19H24N4O/c1-4-11-24-16-8-5-14(6-9-16)19-17(13-22(2)3)23-12-15(20)7-10-18(23)21-19/h5-10,12H,4,11,13,20H2,1-3H3. The zero-order chi connectivity index (χ0) is 17.1. The molecule has 1 aromatic carbocycles. The van der Waals surface area contributed by atoms with Crippen molar-refractivity contribution in [1.82, 2.24) is 14.3 Å². The zero-order valence-electron chi connectivity index (χ0n) is 14.5. The van der Waals surface area contributed by atoms with Crippen LogP contribution in [0.1, 0.15) is 19.0 Å². The van der Waals surface area contributed by atoms with Crippen molar-refractivity contribution in [3.63, 3.8) is 0 Å². The molecule has 0 spiro atoms. The average molecular weight is 324 g/mol. The highest BCUT2D eigenvalue weighted by Gasteiger charge is 2.15. The van der Waals surface area contributed by atoms with Crippen molar-refractivity contribution in [3.05, 3.63) is 48.3 Å². The number of rotatable bonds is 6. The highest BCUT2D eigenvalue weighted by molar-refractivity contribution is 5.68. The van der Waals surface area contributed by atoms with Crippen molar-refractivity contribution in [2.45, 2.75) is 19.9 Å². The van der Waals surface area contributed by atoms with Gasteiger partial charge in [0.2, 0.25) is 0 Å². The smallest absolute Gasteiger partial charge is 0.137 e. The van der Waals surface area contributed by atoms with E-state index in [-0.39, 0.29) is 0 Å². The van der Waals surface area contributed by atoms with Crippen LogP contribution in [-0.4, -0.2) is 35.0 Å². The summed E-state index contributed by atoms with van der Waals surface area (Å²) < 4.78 is 7.74. The molecule has 0 saturated heterocycles. The lowest BCUT2D eigenvalue weighted by molar-refractivity contribution is 0.317. The number of nitrogen functional groups attached to an aromatic ring is 1. The maximum absolute atomic E-state index is 5.96. The Morgan fingerprint density at radius 3 is 2.54 bits per heavy atom. The summed E-state index contributed by atoms with van der Waals surface area (Å²) in [6, 6.07) is 12.0. The molecule has 24 heavy (non-hydrogen) atoms. The second-order valence-corrected chi connectivity index (χ2v) is 6.21. The number of aromatic nitrogens is 2. The Morgan fingerprint density at radius 2 is 1.88 bits per heavy atom. The number of anilines is 1. The van der Waals surface area contributed by atoms with E-state index < -0.39 is 0 Å². The van der Waals surface area contributed by atoms with Gasteiger partial charge in [0, 0.05) is 24.0 Å². The first-order valence-electron chi connectivity index (χ1n) is 8.23. The van der Waals surface area contributed by atoms with E-state index in [2.05, 4.69) is 42.5 Å². The summed E-state index contributed by atoms with van der Waals surface area (Å²) in [5.74, 6) is 0.891. The number of benzene rings is 1. The summed E-state index contributed by atoms with van der Waals surface area (Å²) in [5.41, 5.74) is 10.8. The molecule has 5 nitrogen and oxygen atoms in total. The summed E-state index contributed by atoms with van der Waals surface area (Å²) in [5, 5.41) is 0. The fourth-order valence-corrected chi connectivity index (χ4v) is 2.72. The van der Waals surface area contributed by atoms with Crippen LogP contribution in [0.15, 0.2) is 42.6 Å². The van der Waals surface area contributed by atoms with Crippen molar-refractivity contribution in [2.24, 2.45) is 0 Å². The Bertz CT molecular complexity index is 821. The van der Waals surface area contributed by atoms with Gasteiger partial charge in [-0.2, -0.15) is 0 Å². The number of imidazole rings is 1. The molecule has 0 bridgehead atoms. The fourth-order valence-electron chi connectivity index (χ4n) is 2.72. The van der Waals surface area contributed by atoms with Gasteiger partial charge in [0.25, 0.3) is 0 Å². The van der Waals surface area contributed by atoms with Crippen LogP contribution in [0.3, 0.4) is 0 Å². The van der Waals surface area contributed by atoms with Gasteiger partial charge in [0.15, 0.2) is 0 Å². The minimum Gasteiger partial charge on any atom is -0.494 e. The fraction of sp³-hybridized carbons (Fsp3) is 0.316. The predicted molar refractivity (Wildman–Crippen MR) is 98.2 cm³/mol. The Balaban J connectivity index is 2.04. The lowest BCUT2D eigenvalue weighted by atomic mass is 10.1. The lowest BCUT2D eigenvalue weighted by Gasteiger charge is -2.12. The first-order valence-corrected chi connectivity index (χ1v) is 8.23. The molecule has 0 aliphatic rings. The van der Waals surface area contributed by atoms with Crippen molar-refractivity contribution in [3.8, 4) is 17.0 Å². The average Bonchev–Trinajstić information content (AvgIpc) is 2.91. The molecule has 0 aliphatic carbocycles. The third-order valence-electron chi connectivity index (χ3n) is 3.81. The third-order valence-corrected chi connectivity index (χ3v) is 3.81. The minimum absolute atomic E-state index is 0.731. The number of hydrogen-bond donors (Lipinski definition) is 1. The molecule has 0 fully saturated rings. The van der Waals surface area contributed by atoms with Crippen LogP contribution in [0.5, 0.6) is 5.75 Å². The summed E-state index contributed by atoms with van der Waals surface area (Å²) >= 11 is 0. The molecular weight excluding hydrogens is 300 g/mol.